The Kier molecular flexibility index (Phi) is 6.54. The van der Waals surface area contributed by atoms with Crippen LogP contribution in [0.25, 0.3) is 6.08 Å². The highest BCUT2D eigenvalue weighted by molar-refractivity contribution is 7.92. The van der Waals surface area contributed by atoms with Crippen LogP contribution in [-0.4, -0.2) is 14.3 Å². The molecule has 3 aromatic rings. The largest absolute Gasteiger partial charge is 0.322 e. The maximum absolute atomic E-state index is 13.2. The maximum Gasteiger partial charge on any atom is 0.261 e. The second-order valence-corrected chi connectivity index (χ2v) is 8.59. The molecule has 0 aliphatic heterocycles. The first-order valence-electron chi connectivity index (χ1n) is 8.87. The number of carbonyl (C=O) groups is 1. The van der Waals surface area contributed by atoms with Crippen LogP contribution in [0.1, 0.15) is 11.1 Å². The minimum atomic E-state index is -3.88. The summed E-state index contributed by atoms with van der Waals surface area (Å²) in [5.74, 6) is -0.877. The van der Waals surface area contributed by atoms with Gasteiger partial charge in [0.25, 0.3) is 10.0 Å². The van der Waals surface area contributed by atoms with Gasteiger partial charge in [0.2, 0.25) is 5.91 Å². The summed E-state index contributed by atoms with van der Waals surface area (Å²) in [6.07, 6.45) is 2.72. The van der Waals surface area contributed by atoms with Gasteiger partial charge in [0.1, 0.15) is 5.82 Å². The van der Waals surface area contributed by atoms with Crippen molar-refractivity contribution in [2.24, 2.45) is 0 Å². The first kappa shape index (κ1) is 21.5. The number of hydrogen-bond acceptors (Lipinski definition) is 3. The van der Waals surface area contributed by atoms with E-state index in [2.05, 4.69) is 10.0 Å². The summed E-state index contributed by atoms with van der Waals surface area (Å²) in [6.45, 7) is 1.74. The van der Waals surface area contributed by atoms with E-state index in [-0.39, 0.29) is 4.90 Å². The molecule has 3 rings (SSSR count). The SMILES string of the molecule is Cc1ccc(S(=O)(=O)Nc2cccc(Cl)c2)cc1NC(=O)/C=C/c1cccc(F)c1. The number of rotatable bonds is 6. The van der Waals surface area contributed by atoms with Crippen LogP contribution in [0.3, 0.4) is 0 Å². The number of nitrogens with one attached hydrogen (secondary N) is 2. The van der Waals surface area contributed by atoms with Crippen LogP contribution in [0.5, 0.6) is 0 Å². The zero-order valence-corrected chi connectivity index (χ0v) is 17.5. The van der Waals surface area contributed by atoms with Crippen LogP contribution in [0.4, 0.5) is 15.8 Å². The monoisotopic (exact) mass is 444 g/mol. The fourth-order valence-electron chi connectivity index (χ4n) is 2.63. The van der Waals surface area contributed by atoms with Gasteiger partial charge in [0, 0.05) is 16.8 Å². The maximum atomic E-state index is 13.2. The van der Waals surface area contributed by atoms with Gasteiger partial charge < -0.3 is 5.32 Å². The summed E-state index contributed by atoms with van der Waals surface area (Å²) in [5.41, 5.74) is 1.89. The van der Waals surface area contributed by atoms with Crippen molar-refractivity contribution in [2.75, 3.05) is 10.0 Å². The van der Waals surface area contributed by atoms with Crippen molar-refractivity contribution in [1.29, 1.82) is 0 Å². The molecule has 0 aliphatic rings. The van der Waals surface area contributed by atoms with E-state index in [4.69, 9.17) is 11.6 Å². The standard InChI is InChI=1S/C22H18ClFN2O3S/c1-15-8-10-20(30(28,29)26-19-7-3-5-17(23)13-19)14-21(15)25-22(27)11-9-16-4-2-6-18(24)12-16/h2-14,26H,1H3,(H,25,27)/b11-9+. The summed E-state index contributed by atoms with van der Waals surface area (Å²) < 4.78 is 41.1. The van der Waals surface area contributed by atoms with Crippen molar-refractivity contribution in [1.82, 2.24) is 0 Å². The molecule has 0 aliphatic carbocycles. The number of amides is 1. The highest BCUT2D eigenvalue weighted by atomic mass is 35.5. The summed E-state index contributed by atoms with van der Waals surface area (Å²) >= 11 is 5.90. The molecular weight excluding hydrogens is 427 g/mol. The van der Waals surface area contributed by atoms with Crippen molar-refractivity contribution in [2.45, 2.75) is 11.8 Å². The highest BCUT2D eigenvalue weighted by Gasteiger charge is 2.16. The normalized spacial score (nSPS) is 11.4. The van der Waals surface area contributed by atoms with Gasteiger partial charge in [0.05, 0.1) is 10.6 Å². The van der Waals surface area contributed by atoms with E-state index in [1.807, 2.05) is 0 Å². The van der Waals surface area contributed by atoms with Crippen LogP contribution in [0.2, 0.25) is 5.02 Å². The molecule has 0 fully saturated rings. The van der Waals surface area contributed by atoms with Gasteiger partial charge in [-0.1, -0.05) is 35.9 Å². The fourth-order valence-corrected chi connectivity index (χ4v) is 3.89. The first-order valence-corrected chi connectivity index (χ1v) is 10.7. The number of aryl methyl sites for hydroxylation is 1. The molecule has 8 heteroatoms. The molecule has 2 N–H and O–H groups in total. The van der Waals surface area contributed by atoms with E-state index in [1.54, 1.807) is 37.3 Å². The van der Waals surface area contributed by atoms with Crippen LogP contribution < -0.4 is 10.0 Å². The van der Waals surface area contributed by atoms with Crippen molar-refractivity contribution in [3.05, 3.63) is 94.8 Å². The summed E-state index contributed by atoms with van der Waals surface area (Å²) in [6, 6.07) is 16.6. The minimum Gasteiger partial charge on any atom is -0.322 e. The molecule has 154 valence electrons. The Morgan fingerprint density at radius 3 is 2.53 bits per heavy atom. The molecule has 0 unspecified atom stereocenters. The Labute approximate surface area is 179 Å². The smallest absolute Gasteiger partial charge is 0.261 e. The van der Waals surface area contributed by atoms with E-state index < -0.39 is 21.7 Å². The lowest BCUT2D eigenvalue weighted by Crippen LogP contribution is -2.14. The Balaban J connectivity index is 1.78. The van der Waals surface area contributed by atoms with Crippen LogP contribution in [0, 0.1) is 12.7 Å². The predicted molar refractivity (Wildman–Crippen MR) is 118 cm³/mol. The molecule has 5 nitrogen and oxygen atoms in total. The van der Waals surface area contributed by atoms with Crippen LogP contribution in [-0.2, 0) is 14.8 Å². The van der Waals surface area contributed by atoms with Gasteiger partial charge in [-0.25, -0.2) is 12.8 Å². The molecule has 0 spiro atoms. The van der Waals surface area contributed by atoms with E-state index in [0.29, 0.717) is 27.5 Å². The number of benzene rings is 3. The summed E-state index contributed by atoms with van der Waals surface area (Å²) in [7, 11) is -3.88. The van der Waals surface area contributed by atoms with E-state index in [9.17, 15) is 17.6 Å². The van der Waals surface area contributed by atoms with Crippen molar-refractivity contribution >= 4 is 45.0 Å². The van der Waals surface area contributed by atoms with Crippen molar-refractivity contribution in [3.8, 4) is 0 Å². The van der Waals surface area contributed by atoms with Crippen LogP contribution >= 0.6 is 11.6 Å². The van der Waals surface area contributed by atoms with Gasteiger partial charge in [-0.2, -0.15) is 0 Å². The van der Waals surface area contributed by atoms with Gasteiger partial charge in [0.15, 0.2) is 0 Å². The molecular formula is C22H18ClFN2O3S. The number of sulfonamides is 1. The van der Waals surface area contributed by atoms with Crippen molar-refractivity contribution < 1.29 is 17.6 Å². The minimum absolute atomic E-state index is 0.0162. The van der Waals surface area contributed by atoms with E-state index in [0.717, 1.165) is 0 Å². The average molecular weight is 445 g/mol. The summed E-state index contributed by atoms with van der Waals surface area (Å²) in [4.78, 5) is 12.2. The molecule has 0 aromatic heterocycles. The van der Waals surface area contributed by atoms with Crippen molar-refractivity contribution in [3.63, 3.8) is 0 Å². The average Bonchev–Trinajstić information content (AvgIpc) is 2.68. The zero-order valence-electron chi connectivity index (χ0n) is 15.9. The molecule has 0 bridgehead atoms. The molecule has 30 heavy (non-hydrogen) atoms. The Morgan fingerprint density at radius 2 is 1.80 bits per heavy atom. The Hall–Kier alpha value is -3.16. The van der Waals surface area contributed by atoms with Gasteiger partial charge >= 0.3 is 0 Å². The molecule has 0 heterocycles. The van der Waals surface area contributed by atoms with Crippen LogP contribution in [0.15, 0.2) is 77.7 Å². The molecule has 1 amide bonds. The molecule has 0 saturated heterocycles. The lowest BCUT2D eigenvalue weighted by atomic mass is 10.2. The van der Waals surface area contributed by atoms with E-state index in [1.165, 1.54) is 48.6 Å². The highest BCUT2D eigenvalue weighted by Crippen LogP contribution is 2.24. The number of carbonyl (C=O) groups excluding carboxylic acids is 1. The second-order valence-electron chi connectivity index (χ2n) is 6.47. The van der Waals surface area contributed by atoms with Gasteiger partial charge in [-0.3, -0.25) is 9.52 Å². The molecule has 3 aromatic carbocycles. The fraction of sp³-hybridized carbons (Fsp3) is 0.0455. The first-order chi connectivity index (χ1) is 14.2. The Bertz CT molecular complexity index is 1230. The third kappa shape index (κ3) is 5.68. The lowest BCUT2D eigenvalue weighted by molar-refractivity contribution is -0.111. The molecule has 0 radical (unpaired) electrons. The second kappa shape index (κ2) is 9.11. The van der Waals surface area contributed by atoms with Gasteiger partial charge in [-0.05, 0) is 66.6 Å². The quantitative estimate of drug-likeness (QED) is 0.510. The summed E-state index contributed by atoms with van der Waals surface area (Å²) in [5, 5.41) is 3.05. The van der Waals surface area contributed by atoms with Gasteiger partial charge in [-0.15, -0.1) is 0 Å². The molecule has 0 saturated carbocycles. The predicted octanol–water partition coefficient (Wildman–Crippen LogP) is 5.24. The lowest BCUT2D eigenvalue weighted by Gasteiger charge is -2.12. The molecule has 0 atom stereocenters. The number of anilines is 2. The van der Waals surface area contributed by atoms with E-state index >= 15 is 0 Å². The number of hydrogen-bond donors (Lipinski definition) is 2. The topological polar surface area (TPSA) is 75.3 Å². The Morgan fingerprint density at radius 1 is 1.03 bits per heavy atom. The zero-order chi connectivity index (χ0) is 21.7. The third-order valence-electron chi connectivity index (χ3n) is 4.13. The third-order valence-corrected chi connectivity index (χ3v) is 5.74. The number of halogens is 2.